The zero-order valence-electron chi connectivity index (χ0n) is 23.1. The number of allylic oxidation sites excluding steroid dienone is 3. The van der Waals surface area contributed by atoms with Gasteiger partial charge in [-0.15, -0.1) is 0 Å². The lowest BCUT2D eigenvalue weighted by Crippen LogP contribution is -2.41. The number of methoxy groups -OCH3 is 2. The Labute approximate surface area is 234 Å². The second-order valence-corrected chi connectivity index (χ2v) is 9.99. The number of amides is 1. The van der Waals surface area contributed by atoms with Crippen molar-refractivity contribution in [3.63, 3.8) is 0 Å². The van der Waals surface area contributed by atoms with E-state index in [0.29, 0.717) is 41.4 Å². The van der Waals surface area contributed by atoms with Crippen LogP contribution < -0.4 is 24.8 Å². The summed E-state index contributed by atoms with van der Waals surface area (Å²) in [5.41, 5.74) is 4.70. The number of rotatable bonds is 8. The number of carbonyl (C=O) groups excluding carboxylic acids is 2. The Kier molecular flexibility index (Phi) is 7.86. The Morgan fingerprint density at radius 1 is 1.00 bits per heavy atom. The van der Waals surface area contributed by atoms with Gasteiger partial charge in [-0.2, -0.15) is 0 Å². The number of hydrogen-bond acceptors (Lipinski definition) is 7. The zero-order chi connectivity index (χ0) is 28.2. The number of carbonyl (C=O) groups is 2. The molecule has 0 saturated carbocycles. The second-order valence-electron chi connectivity index (χ2n) is 9.99. The summed E-state index contributed by atoms with van der Waals surface area (Å²) in [6, 6.07) is 16.8. The Bertz CT molecular complexity index is 1480. The molecule has 0 saturated heterocycles. The Hall–Kier alpha value is -4.59. The normalized spacial score (nSPS) is 18.3. The average molecular weight is 540 g/mol. The number of benzene rings is 2. The van der Waals surface area contributed by atoms with Gasteiger partial charge in [0.15, 0.2) is 0 Å². The number of ether oxygens (including phenoxy) is 3. The van der Waals surface area contributed by atoms with Gasteiger partial charge in [-0.05, 0) is 73.9 Å². The molecule has 2 unspecified atom stereocenters. The molecule has 2 heterocycles. The SMILES string of the molecule is COc1ccc(OCc2cc(C3C(C(=O)Nc4ccc(C)cn4)=C(C)NC4=CCCC(=O)C43)ccc2OC)cc1. The van der Waals surface area contributed by atoms with Crippen LogP contribution in [0.3, 0.4) is 0 Å². The van der Waals surface area contributed by atoms with Crippen LogP contribution in [0.25, 0.3) is 0 Å². The van der Waals surface area contributed by atoms with Crippen LogP contribution in [0.15, 0.2) is 83.8 Å². The number of anilines is 1. The molecule has 0 spiro atoms. The van der Waals surface area contributed by atoms with Crippen molar-refractivity contribution in [1.29, 1.82) is 0 Å². The number of nitrogens with zero attached hydrogens (tertiary/aromatic N) is 1. The maximum atomic E-state index is 13.8. The van der Waals surface area contributed by atoms with Crippen LogP contribution in [0, 0.1) is 12.8 Å². The van der Waals surface area contributed by atoms with E-state index in [1.54, 1.807) is 26.5 Å². The van der Waals surface area contributed by atoms with Gasteiger partial charge in [-0.25, -0.2) is 4.98 Å². The van der Waals surface area contributed by atoms with Crippen LogP contribution in [0.4, 0.5) is 5.82 Å². The first-order valence-electron chi connectivity index (χ1n) is 13.3. The first-order chi connectivity index (χ1) is 19.4. The zero-order valence-corrected chi connectivity index (χ0v) is 23.1. The number of aryl methyl sites for hydroxylation is 1. The quantitative estimate of drug-likeness (QED) is 0.393. The summed E-state index contributed by atoms with van der Waals surface area (Å²) in [5.74, 6) is 1.37. The molecule has 3 aromatic rings. The van der Waals surface area contributed by atoms with Gasteiger partial charge in [0.2, 0.25) is 0 Å². The Balaban J connectivity index is 1.51. The molecule has 1 aliphatic heterocycles. The molecule has 0 bridgehead atoms. The van der Waals surface area contributed by atoms with Crippen LogP contribution in [0.5, 0.6) is 17.2 Å². The fourth-order valence-corrected chi connectivity index (χ4v) is 5.34. The number of pyridine rings is 1. The maximum absolute atomic E-state index is 13.8. The van der Waals surface area contributed by atoms with E-state index in [2.05, 4.69) is 21.7 Å². The van der Waals surface area contributed by atoms with E-state index in [9.17, 15) is 9.59 Å². The predicted molar refractivity (Wildman–Crippen MR) is 152 cm³/mol. The van der Waals surface area contributed by atoms with Crippen LogP contribution >= 0.6 is 0 Å². The number of hydrogen-bond donors (Lipinski definition) is 2. The van der Waals surface area contributed by atoms with E-state index in [1.165, 1.54) is 0 Å². The van der Waals surface area contributed by atoms with E-state index in [1.807, 2.05) is 62.4 Å². The molecule has 2 N–H and O–H groups in total. The smallest absolute Gasteiger partial charge is 0.255 e. The summed E-state index contributed by atoms with van der Waals surface area (Å²) in [6.45, 7) is 4.06. The van der Waals surface area contributed by atoms with Crippen molar-refractivity contribution in [3.8, 4) is 17.2 Å². The van der Waals surface area contributed by atoms with Gasteiger partial charge in [-0.3, -0.25) is 9.59 Å². The van der Waals surface area contributed by atoms with Crippen molar-refractivity contribution in [1.82, 2.24) is 10.3 Å². The number of fused-ring (bicyclic) bond motifs is 1. The number of nitrogens with one attached hydrogen (secondary N) is 2. The van der Waals surface area contributed by atoms with Gasteiger partial charge in [0.1, 0.15) is 35.5 Å². The topological polar surface area (TPSA) is 98.8 Å². The fourth-order valence-electron chi connectivity index (χ4n) is 5.34. The summed E-state index contributed by atoms with van der Waals surface area (Å²) in [6.07, 6.45) is 4.88. The highest BCUT2D eigenvalue weighted by atomic mass is 16.5. The average Bonchev–Trinajstić information content (AvgIpc) is 2.96. The summed E-state index contributed by atoms with van der Waals surface area (Å²) in [7, 11) is 3.23. The highest BCUT2D eigenvalue weighted by molar-refractivity contribution is 6.06. The standard InChI is InChI=1S/C32H33N3O5/c1-19-8-15-28(33-17-19)35-32(37)29-20(2)34-25-6-5-7-26(36)31(25)30(29)21-9-14-27(39-4)22(16-21)18-40-24-12-10-23(38-3)11-13-24/h6,8-17,30-31,34H,5,7,18H2,1-4H3,(H,33,35,37). The van der Waals surface area contributed by atoms with Gasteiger partial charge in [0, 0.05) is 41.1 Å². The molecule has 1 aromatic heterocycles. The van der Waals surface area contributed by atoms with Crippen molar-refractivity contribution in [3.05, 3.63) is 101 Å². The molecule has 2 aromatic carbocycles. The highest BCUT2D eigenvalue weighted by Crippen LogP contribution is 2.44. The van der Waals surface area contributed by atoms with E-state index in [0.717, 1.165) is 28.1 Å². The third-order valence-electron chi connectivity index (χ3n) is 7.33. The summed E-state index contributed by atoms with van der Waals surface area (Å²) >= 11 is 0. The molecule has 8 heteroatoms. The van der Waals surface area contributed by atoms with E-state index in [4.69, 9.17) is 14.2 Å². The molecule has 40 heavy (non-hydrogen) atoms. The van der Waals surface area contributed by atoms with Gasteiger partial charge in [0.25, 0.3) is 5.91 Å². The number of Topliss-reactive ketones (excluding diaryl/α,β-unsaturated/α-hetero) is 1. The van der Waals surface area contributed by atoms with E-state index >= 15 is 0 Å². The largest absolute Gasteiger partial charge is 0.497 e. The maximum Gasteiger partial charge on any atom is 0.255 e. The van der Waals surface area contributed by atoms with Crippen LogP contribution in [-0.2, 0) is 16.2 Å². The molecule has 8 nitrogen and oxygen atoms in total. The second kappa shape index (κ2) is 11.7. The number of ketones is 1. The molecule has 1 aliphatic carbocycles. The molecule has 1 amide bonds. The van der Waals surface area contributed by atoms with Gasteiger partial charge in [-0.1, -0.05) is 18.2 Å². The highest BCUT2D eigenvalue weighted by Gasteiger charge is 2.43. The van der Waals surface area contributed by atoms with Crippen molar-refractivity contribution in [2.45, 2.75) is 39.2 Å². The summed E-state index contributed by atoms with van der Waals surface area (Å²) < 4.78 is 16.9. The minimum absolute atomic E-state index is 0.105. The van der Waals surface area contributed by atoms with Crippen molar-refractivity contribution in [2.24, 2.45) is 5.92 Å². The fraction of sp³-hybridized carbons (Fsp3) is 0.281. The first kappa shape index (κ1) is 27.0. The van der Waals surface area contributed by atoms with Crippen LogP contribution in [0.2, 0.25) is 0 Å². The van der Waals surface area contributed by atoms with Gasteiger partial charge in [0.05, 0.1) is 20.1 Å². The molecule has 2 aliphatic rings. The van der Waals surface area contributed by atoms with Crippen molar-refractivity contribution in [2.75, 3.05) is 19.5 Å². The predicted octanol–water partition coefficient (Wildman–Crippen LogP) is 5.45. The Morgan fingerprint density at radius 2 is 1.77 bits per heavy atom. The monoisotopic (exact) mass is 539 g/mol. The minimum Gasteiger partial charge on any atom is -0.497 e. The first-order valence-corrected chi connectivity index (χ1v) is 13.3. The molecule has 0 radical (unpaired) electrons. The third-order valence-corrected chi connectivity index (χ3v) is 7.33. The van der Waals surface area contributed by atoms with Crippen LogP contribution in [-0.4, -0.2) is 30.9 Å². The van der Waals surface area contributed by atoms with E-state index < -0.39 is 11.8 Å². The summed E-state index contributed by atoms with van der Waals surface area (Å²) in [5, 5.41) is 6.28. The molecule has 0 fully saturated rings. The number of aromatic nitrogens is 1. The molecular weight excluding hydrogens is 506 g/mol. The molecule has 2 atom stereocenters. The molecule has 5 rings (SSSR count). The van der Waals surface area contributed by atoms with Crippen LogP contribution in [0.1, 0.15) is 42.4 Å². The lowest BCUT2D eigenvalue weighted by molar-refractivity contribution is -0.122. The van der Waals surface area contributed by atoms with E-state index in [-0.39, 0.29) is 18.3 Å². The third kappa shape index (κ3) is 5.57. The summed E-state index contributed by atoms with van der Waals surface area (Å²) in [4.78, 5) is 31.4. The van der Waals surface area contributed by atoms with Crippen molar-refractivity contribution < 1.29 is 23.8 Å². The molecular formula is C32H33N3O5. The van der Waals surface area contributed by atoms with Gasteiger partial charge < -0.3 is 24.8 Å². The lowest BCUT2D eigenvalue weighted by atomic mass is 9.70. The van der Waals surface area contributed by atoms with Crippen molar-refractivity contribution >= 4 is 17.5 Å². The van der Waals surface area contributed by atoms with Gasteiger partial charge >= 0.3 is 0 Å². The lowest BCUT2D eigenvalue weighted by Gasteiger charge is -2.38. The molecule has 206 valence electrons. The minimum atomic E-state index is -0.493. The Morgan fingerprint density at radius 3 is 2.48 bits per heavy atom.